The molecule has 8 heteroatoms. The molecule has 0 aliphatic rings. The highest BCUT2D eigenvalue weighted by molar-refractivity contribution is 7.12. The van der Waals surface area contributed by atoms with Gasteiger partial charge in [-0.05, 0) is 53.4 Å². The molecule has 0 aliphatic carbocycles. The van der Waals surface area contributed by atoms with Crippen LogP contribution in [0.3, 0.4) is 0 Å². The van der Waals surface area contributed by atoms with Crippen LogP contribution >= 0.6 is 11.3 Å². The van der Waals surface area contributed by atoms with E-state index in [9.17, 15) is 4.79 Å². The summed E-state index contributed by atoms with van der Waals surface area (Å²) in [6, 6.07) is 18.7. The van der Waals surface area contributed by atoms with Crippen LogP contribution in [0.2, 0.25) is 0 Å². The van der Waals surface area contributed by atoms with Crippen molar-refractivity contribution in [2.75, 3.05) is 19.5 Å². The second-order valence-electron chi connectivity index (χ2n) is 6.38. The van der Waals surface area contributed by atoms with Crippen molar-refractivity contribution in [2.45, 2.75) is 6.54 Å². The van der Waals surface area contributed by atoms with Gasteiger partial charge in [-0.15, -0.1) is 16.4 Å². The number of thiophene rings is 1. The molecule has 30 heavy (non-hydrogen) atoms. The van der Waals surface area contributed by atoms with Crippen molar-refractivity contribution < 1.29 is 14.3 Å². The number of hydrogen-bond acceptors (Lipinski definition) is 7. The Labute approximate surface area is 177 Å². The van der Waals surface area contributed by atoms with Gasteiger partial charge in [-0.1, -0.05) is 18.2 Å². The SMILES string of the molecule is COc1ccc(CNc2nc(-c3ccc(OC)cc3)nn2C(=O)c2cccs2)cc1. The van der Waals surface area contributed by atoms with E-state index in [2.05, 4.69) is 15.4 Å². The summed E-state index contributed by atoms with van der Waals surface area (Å²) in [4.78, 5) is 18.1. The minimum Gasteiger partial charge on any atom is -0.497 e. The lowest BCUT2D eigenvalue weighted by atomic mass is 10.2. The molecule has 0 saturated carbocycles. The predicted molar refractivity (Wildman–Crippen MR) is 116 cm³/mol. The Morgan fingerprint density at radius 1 is 1.00 bits per heavy atom. The number of aromatic nitrogens is 3. The molecule has 0 bridgehead atoms. The predicted octanol–water partition coefficient (Wildman–Crippen LogP) is 4.32. The number of anilines is 1. The average Bonchev–Trinajstić information content (AvgIpc) is 3.48. The van der Waals surface area contributed by atoms with Crippen LogP contribution in [0.1, 0.15) is 15.2 Å². The molecule has 0 unspecified atom stereocenters. The highest BCUT2D eigenvalue weighted by atomic mass is 32.1. The maximum atomic E-state index is 13.0. The molecule has 7 nitrogen and oxygen atoms in total. The van der Waals surface area contributed by atoms with E-state index in [-0.39, 0.29) is 5.91 Å². The lowest BCUT2D eigenvalue weighted by Gasteiger charge is -2.07. The minimum atomic E-state index is -0.227. The number of carbonyl (C=O) groups excluding carboxylic acids is 1. The summed E-state index contributed by atoms with van der Waals surface area (Å²) in [6.45, 7) is 0.489. The van der Waals surface area contributed by atoms with E-state index in [1.165, 1.54) is 16.0 Å². The van der Waals surface area contributed by atoms with Crippen LogP contribution in [0.5, 0.6) is 11.5 Å². The summed E-state index contributed by atoms with van der Waals surface area (Å²) < 4.78 is 11.7. The Morgan fingerprint density at radius 2 is 1.67 bits per heavy atom. The number of nitrogens with one attached hydrogen (secondary N) is 1. The van der Waals surface area contributed by atoms with Crippen molar-refractivity contribution >= 4 is 23.2 Å². The van der Waals surface area contributed by atoms with Crippen LogP contribution in [0.15, 0.2) is 66.0 Å². The number of rotatable bonds is 7. The molecule has 2 aromatic heterocycles. The van der Waals surface area contributed by atoms with Crippen LogP contribution in [0.4, 0.5) is 5.95 Å². The van der Waals surface area contributed by atoms with Crippen molar-refractivity contribution in [3.8, 4) is 22.9 Å². The summed E-state index contributed by atoms with van der Waals surface area (Å²) in [6.07, 6.45) is 0. The highest BCUT2D eigenvalue weighted by Crippen LogP contribution is 2.23. The number of benzene rings is 2. The van der Waals surface area contributed by atoms with E-state index in [0.717, 1.165) is 22.6 Å². The van der Waals surface area contributed by atoms with Crippen LogP contribution in [-0.2, 0) is 6.54 Å². The molecule has 0 atom stereocenters. The topological polar surface area (TPSA) is 78.3 Å². The van der Waals surface area contributed by atoms with Crippen molar-refractivity contribution in [2.24, 2.45) is 0 Å². The third-order valence-electron chi connectivity index (χ3n) is 4.49. The van der Waals surface area contributed by atoms with Crippen molar-refractivity contribution in [3.63, 3.8) is 0 Å². The molecule has 0 amide bonds. The minimum absolute atomic E-state index is 0.227. The number of methoxy groups -OCH3 is 2. The van der Waals surface area contributed by atoms with Gasteiger partial charge in [0.1, 0.15) is 11.5 Å². The molecule has 2 heterocycles. The van der Waals surface area contributed by atoms with Crippen molar-refractivity contribution in [3.05, 3.63) is 76.5 Å². The molecule has 152 valence electrons. The van der Waals surface area contributed by atoms with E-state index in [1.807, 2.05) is 60.0 Å². The molecule has 0 fully saturated rings. The van der Waals surface area contributed by atoms with Crippen LogP contribution in [-0.4, -0.2) is 34.9 Å². The second-order valence-corrected chi connectivity index (χ2v) is 7.33. The fraction of sp³-hybridized carbons (Fsp3) is 0.136. The molecule has 0 saturated heterocycles. The van der Waals surface area contributed by atoms with Crippen molar-refractivity contribution in [1.29, 1.82) is 0 Å². The molecular weight excluding hydrogens is 400 g/mol. The zero-order chi connectivity index (χ0) is 20.9. The molecule has 4 rings (SSSR count). The Hall–Kier alpha value is -3.65. The van der Waals surface area contributed by atoms with Gasteiger partial charge in [0, 0.05) is 12.1 Å². The summed E-state index contributed by atoms with van der Waals surface area (Å²) in [5.41, 5.74) is 1.82. The van der Waals surface area contributed by atoms with Crippen molar-refractivity contribution in [1.82, 2.24) is 14.8 Å². The maximum Gasteiger partial charge on any atom is 0.291 e. The fourth-order valence-corrected chi connectivity index (χ4v) is 3.51. The lowest BCUT2D eigenvalue weighted by Crippen LogP contribution is -2.16. The van der Waals surface area contributed by atoms with E-state index >= 15 is 0 Å². The molecule has 0 radical (unpaired) electrons. The number of hydrogen-bond donors (Lipinski definition) is 1. The molecule has 0 spiro atoms. The van der Waals surface area contributed by atoms with Gasteiger partial charge < -0.3 is 14.8 Å². The van der Waals surface area contributed by atoms with Gasteiger partial charge in [0.2, 0.25) is 5.95 Å². The third-order valence-corrected chi connectivity index (χ3v) is 5.35. The number of carbonyl (C=O) groups is 1. The lowest BCUT2D eigenvalue weighted by molar-refractivity contribution is 0.0951. The summed E-state index contributed by atoms with van der Waals surface area (Å²) in [5.74, 6) is 2.14. The summed E-state index contributed by atoms with van der Waals surface area (Å²) >= 11 is 1.37. The average molecular weight is 420 g/mol. The van der Waals surface area contributed by atoms with Gasteiger partial charge in [0.05, 0.1) is 19.1 Å². The molecular formula is C22H20N4O3S. The summed E-state index contributed by atoms with van der Waals surface area (Å²) in [7, 11) is 3.25. The van der Waals surface area contributed by atoms with E-state index < -0.39 is 0 Å². The molecule has 0 aliphatic heterocycles. The van der Waals surface area contributed by atoms with Crippen LogP contribution < -0.4 is 14.8 Å². The van der Waals surface area contributed by atoms with Gasteiger partial charge >= 0.3 is 0 Å². The van der Waals surface area contributed by atoms with E-state index in [1.54, 1.807) is 20.3 Å². The smallest absolute Gasteiger partial charge is 0.291 e. The third kappa shape index (κ3) is 4.18. The van der Waals surface area contributed by atoms with Gasteiger partial charge in [0.25, 0.3) is 5.91 Å². The van der Waals surface area contributed by atoms with E-state index in [0.29, 0.717) is 23.2 Å². The van der Waals surface area contributed by atoms with Crippen LogP contribution in [0, 0.1) is 0 Å². The summed E-state index contributed by atoms with van der Waals surface area (Å²) in [5, 5.41) is 9.56. The number of nitrogens with zero attached hydrogens (tertiary/aromatic N) is 3. The Kier molecular flexibility index (Phi) is 5.76. The van der Waals surface area contributed by atoms with Crippen LogP contribution in [0.25, 0.3) is 11.4 Å². The first kappa shape index (κ1) is 19.7. The Bertz CT molecular complexity index is 1120. The normalized spacial score (nSPS) is 10.6. The monoisotopic (exact) mass is 420 g/mol. The largest absolute Gasteiger partial charge is 0.497 e. The fourth-order valence-electron chi connectivity index (χ4n) is 2.86. The maximum absolute atomic E-state index is 13.0. The van der Waals surface area contributed by atoms with E-state index in [4.69, 9.17) is 9.47 Å². The number of ether oxygens (including phenoxy) is 2. The zero-order valence-corrected chi connectivity index (χ0v) is 17.3. The second kappa shape index (κ2) is 8.79. The molecule has 2 aromatic carbocycles. The highest BCUT2D eigenvalue weighted by Gasteiger charge is 2.19. The first-order valence-electron chi connectivity index (χ1n) is 9.24. The quantitative estimate of drug-likeness (QED) is 0.480. The first-order chi connectivity index (χ1) is 14.7. The standard InChI is InChI=1S/C22H20N4O3S/c1-28-17-9-5-15(6-10-17)14-23-22-24-20(16-7-11-18(29-2)12-8-16)25-26(22)21(27)19-4-3-13-30-19/h3-13H,14H2,1-2H3,(H,23,24,25). The van der Waals surface area contributed by atoms with Gasteiger partial charge in [-0.3, -0.25) is 4.79 Å². The first-order valence-corrected chi connectivity index (χ1v) is 10.1. The Morgan fingerprint density at radius 3 is 2.27 bits per heavy atom. The molecule has 1 N–H and O–H groups in total. The zero-order valence-electron chi connectivity index (χ0n) is 16.5. The Balaban J connectivity index is 1.63. The van der Waals surface area contributed by atoms with Gasteiger partial charge in [-0.25, -0.2) is 0 Å². The van der Waals surface area contributed by atoms with Gasteiger partial charge in [0.15, 0.2) is 5.82 Å². The van der Waals surface area contributed by atoms with Gasteiger partial charge in [-0.2, -0.15) is 9.67 Å². The molecule has 4 aromatic rings.